The van der Waals surface area contributed by atoms with E-state index in [0.717, 1.165) is 21.7 Å². The molecule has 0 atom stereocenters. The Kier molecular flexibility index (Phi) is 6.11. The Hall–Kier alpha value is -1.94. The first-order valence-electron chi connectivity index (χ1n) is 7.89. The van der Waals surface area contributed by atoms with Crippen LogP contribution in [0.5, 0.6) is 0 Å². The second-order valence-corrected chi connectivity index (χ2v) is 7.24. The van der Waals surface area contributed by atoms with Gasteiger partial charge in [0.15, 0.2) is 5.78 Å². The molecular weight excluding hydrogens is 306 g/mol. The number of carbonyl (C=O) groups excluding carboxylic acids is 2. The van der Waals surface area contributed by atoms with E-state index >= 15 is 0 Å². The minimum absolute atomic E-state index is 0.0564. The molecule has 1 amide bonds. The van der Waals surface area contributed by atoms with Crippen LogP contribution >= 0.6 is 11.3 Å². The second kappa shape index (κ2) is 8.06. The van der Waals surface area contributed by atoms with Crippen LogP contribution in [0, 0.1) is 20.8 Å². The maximum Gasteiger partial charge on any atom is 0.220 e. The molecule has 1 aromatic carbocycles. The van der Waals surface area contributed by atoms with Gasteiger partial charge in [0, 0.05) is 34.7 Å². The summed E-state index contributed by atoms with van der Waals surface area (Å²) in [4.78, 5) is 26.2. The van der Waals surface area contributed by atoms with Gasteiger partial charge in [-0.05, 0) is 44.4 Å². The molecule has 4 heteroatoms. The number of nitrogens with one attached hydrogen (secondary N) is 1. The van der Waals surface area contributed by atoms with Crippen LogP contribution in [-0.2, 0) is 11.2 Å². The summed E-state index contributed by atoms with van der Waals surface area (Å²) in [6.07, 6.45) is 1.34. The van der Waals surface area contributed by atoms with Crippen molar-refractivity contribution in [3.63, 3.8) is 0 Å². The Morgan fingerprint density at radius 2 is 1.83 bits per heavy atom. The van der Waals surface area contributed by atoms with Gasteiger partial charge >= 0.3 is 0 Å². The molecule has 0 aliphatic heterocycles. The minimum Gasteiger partial charge on any atom is -0.356 e. The van der Waals surface area contributed by atoms with Gasteiger partial charge in [-0.3, -0.25) is 9.59 Å². The lowest BCUT2D eigenvalue weighted by Crippen LogP contribution is -2.26. The van der Waals surface area contributed by atoms with Crippen molar-refractivity contribution in [3.05, 3.63) is 56.8 Å². The average molecular weight is 329 g/mol. The predicted molar refractivity (Wildman–Crippen MR) is 95.3 cm³/mol. The fraction of sp³-hybridized carbons (Fsp3) is 0.368. The van der Waals surface area contributed by atoms with Crippen LogP contribution < -0.4 is 5.32 Å². The van der Waals surface area contributed by atoms with E-state index in [-0.39, 0.29) is 24.5 Å². The molecule has 0 unspecified atom stereocenters. The van der Waals surface area contributed by atoms with E-state index in [0.29, 0.717) is 6.54 Å². The Bertz CT molecular complexity index is 703. The molecule has 0 saturated carbocycles. The summed E-state index contributed by atoms with van der Waals surface area (Å²) in [5, 5.41) is 2.90. The fourth-order valence-corrected chi connectivity index (χ4v) is 3.53. The topological polar surface area (TPSA) is 46.2 Å². The van der Waals surface area contributed by atoms with Gasteiger partial charge in [-0.2, -0.15) is 0 Å². The lowest BCUT2D eigenvalue weighted by molar-refractivity contribution is -0.121. The molecule has 122 valence electrons. The molecule has 0 saturated heterocycles. The molecular formula is C19H23NO2S. The molecule has 3 nitrogen and oxygen atoms in total. The fourth-order valence-electron chi connectivity index (χ4n) is 2.58. The third-order valence-electron chi connectivity index (χ3n) is 3.90. The third-order valence-corrected chi connectivity index (χ3v) is 4.86. The first kappa shape index (κ1) is 17.4. The average Bonchev–Trinajstić information content (AvgIpc) is 2.85. The lowest BCUT2D eigenvalue weighted by Gasteiger charge is -2.07. The number of Topliss-reactive ketones (excluding diaryl/α,β-unsaturated/α-hetero) is 1. The van der Waals surface area contributed by atoms with Gasteiger partial charge in [0.2, 0.25) is 5.91 Å². The molecule has 2 aromatic rings. The molecule has 0 fully saturated rings. The van der Waals surface area contributed by atoms with Crippen molar-refractivity contribution < 1.29 is 9.59 Å². The zero-order chi connectivity index (χ0) is 16.8. The maximum atomic E-state index is 12.1. The summed E-state index contributed by atoms with van der Waals surface area (Å²) in [6.45, 7) is 6.62. The SMILES string of the molecule is Cc1cc(C(=O)CCC(=O)NCCc2ccccc2C)c(C)s1. The van der Waals surface area contributed by atoms with Gasteiger partial charge in [-0.25, -0.2) is 0 Å². The van der Waals surface area contributed by atoms with E-state index in [2.05, 4.69) is 24.4 Å². The van der Waals surface area contributed by atoms with Crippen molar-refractivity contribution in [1.82, 2.24) is 5.32 Å². The Morgan fingerprint density at radius 1 is 1.09 bits per heavy atom. The smallest absolute Gasteiger partial charge is 0.220 e. The summed E-state index contributed by atoms with van der Waals surface area (Å²) in [6, 6.07) is 10.1. The largest absolute Gasteiger partial charge is 0.356 e. The Morgan fingerprint density at radius 3 is 2.48 bits per heavy atom. The van der Waals surface area contributed by atoms with Crippen LogP contribution in [0.15, 0.2) is 30.3 Å². The van der Waals surface area contributed by atoms with Gasteiger partial charge in [0.25, 0.3) is 0 Å². The third kappa shape index (κ3) is 5.03. The van der Waals surface area contributed by atoms with Gasteiger partial charge in [0.1, 0.15) is 0 Å². The van der Waals surface area contributed by atoms with E-state index in [1.807, 2.05) is 32.0 Å². The van der Waals surface area contributed by atoms with Crippen LogP contribution in [-0.4, -0.2) is 18.2 Å². The molecule has 0 aliphatic rings. The summed E-state index contributed by atoms with van der Waals surface area (Å²) in [5.74, 6) is -0.00237. The molecule has 0 bridgehead atoms. The highest BCUT2D eigenvalue weighted by Gasteiger charge is 2.13. The van der Waals surface area contributed by atoms with Gasteiger partial charge in [-0.1, -0.05) is 24.3 Å². The van der Waals surface area contributed by atoms with Crippen molar-refractivity contribution in [2.75, 3.05) is 6.54 Å². The summed E-state index contributed by atoms with van der Waals surface area (Å²) in [5.41, 5.74) is 3.24. The molecule has 1 heterocycles. The molecule has 23 heavy (non-hydrogen) atoms. The highest BCUT2D eigenvalue weighted by atomic mass is 32.1. The highest BCUT2D eigenvalue weighted by molar-refractivity contribution is 7.12. The number of ketones is 1. The monoisotopic (exact) mass is 329 g/mol. The van der Waals surface area contributed by atoms with Crippen LogP contribution in [0.4, 0.5) is 0 Å². The van der Waals surface area contributed by atoms with E-state index in [1.165, 1.54) is 11.1 Å². The number of hydrogen-bond acceptors (Lipinski definition) is 3. The Labute approximate surface area is 141 Å². The van der Waals surface area contributed by atoms with Crippen molar-refractivity contribution in [2.24, 2.45) is 0 Å². The van der Waals surface area contributed by atoms with Crippen LogP contribution in [0.25, 0.3) is 0 Å². The van der Waals surface area contributed by atoms with Crippen molar-refractivity contribution in [3.8, 4) is 0 Å². The molecule has 0 radical (unpaired) electrons. The van der Waals surface area contributed by atoms with Crippen LogP contribution in [0.2, 0.25) is 0 Å². The van der Waals surface area contributed by atoms with Crippen molar-refractivity contribution >= 4 is 23.0 Å². The second-order valence-electron chi connectivity index (χ2n) is 5.78. The van der Waals surface area contributed by atoms with Crippen LogP contribution in [0.1, 0.15) is 44.1 Å². The zero-order valence-corrected chi connectivity index (χ0v) is 14.8. The molecule has 1 N–H and O–H groups in total. The number of aryl methyl sites for hydroxylation is 3. The zero-order valence-electron chi connectivity index (χ0n) is 13.9. The molecule has 2 rings (SSSR count). The predicted octanol–water partition coefficient (Wildman–Crippen LogP) is 4.00. The first-order chi connectivity index (χ1) is 11.0. The maximum absolute atomic E-state index is 12.1. The van der Waals surface area contributed by atoms with E-state index in [4.69, 9.17) is 0 Å². The van der Waals surface area contributed by atoms with Crippen LogP contribution in [0.3, 0.4) is 0 Å². The molecule has 1 aromatic heterocycles. The quantitative estimate of drug-likeness (QED) is 0.781. The van der Waals surface area contributed by atoms with Gasteiger partial charge in [0.05, 0.1) is 0 Å². The first-order valence-corrected chi connectivity index (χ1v) is 8.70. The minimum atomic E-state index is -0.0588. The van der Waals surface area contributed by atoms with E-state index in [1.54, 1.807) is 11.3 Å². The number of benzene rings is 1. The van der Waals surface area contributed by atoms with Crippen molar-refractivity contribution in [2.45, 2.75) is 40.0 Å². The summed E-state index contributed by atoms with van der Waals surface area (Å²) < 4.78 is 0. The van der Waals surface area contributed by atoms with Crippen molar-refractivity contribution in [1.29, 1.82) is 0 Å². The van der Waals surface area contributed by atoms with E-state index in [9.17, 15) is 9.59 Å². The lowest BCUT2D eigenvalue weighted by atomic mass is 10.1. The van der Waals surface area contributed by atoms with E-state index < -0.39 is 0 Å². The Balaban J connectivity index is 1.74. The highest BCUT2D eigenvalue weighted by Crippen LogP contribution is 2.22. The number of hydrogen-bond donors (Lipinski definition) is 1. The standard InChI is InChI=1S/C19H23NO2S/c1-13-6-4-5-7-16(13)10-11-20-19(22)9-8-18(21)17-12-14(2)23-15(17)3/h4-7,12H,8-11H2,1-3H3,(H,20,22). The van der Waals surface area contributed by atoms with Gasteiger partial charge in [-0.15, -0.1) is 11.3 Å². The normalized spacial score (nSPS) is 10.6. The van der Waals surface area contributed by atoms with Gasteiger partial charge < -0.3 is 5.32 Å². The number of carbonyl (C=O) groups is 2. The molecule has 0 spiro atoms. The number of rotatable bonds is 7. The number of amides is 1. The summed E-state index contributed by atoms with van der Waals surface area (Å²) in [7, 11) is 0. The number of thiophene rings is 1. The summed E-state index contributed by atoms with van der Waals surface area (Å²) >= 11 is 1.62. The molecule has 0 aliphatic carbocycles.